The molecule has 0 bridgehead atoms. The molecule has 5 aliphatic carbocycles. The van der Waals surface area contributed by atoms with Crippen molar-refractivity contribution in [2.45, 2.75) is 58.3 Å². The van der Waals surface area contributed by atoms with Crippen molar-refractivity contribution in [3.05, 3.63) is 24.3 Å². The lowest BCUT2D eigenvalue weighted by Crippen LogP contribution is -2.50. The monoisotopic (exact) mass is 296 g/mol. The average Bonchev–Trinajstić information content (AvgIpc) is 3.18. The van der Waals surface area contributed by atoms with Gasteiger partial charge < -0.3 is 0 Å². The first-order valence-corrected chi connectivity index (χ1v) is 9.45. The molecular weight excluding hydrogens is 268 g/mol. The minimum atomic E-state index is 0.330. The zero-order valence-electron chi connectivity index (χ0n) is 13.8. The maximum absolute atomic E-state index is 11.9. The van der Waals surface area contributed by atoms with E-state index in [0.717, 1.165) is 42.4 Å². The van der Waals surface area contributed by atoms with Crippen LogP contribution in [0.1, 0.15) is 58.3 Å². The standard InChI is InChI=1S/C21H28O/c1-3-21-9-7-18-16(19(21)17-10-13(17)12-21)5-4-14-11-15(22)6-8-20(14,18)2/h3,11,13,16-19H,1,4-10,12H2,2H3/t13-,16-,17-,18+,19-,20+,21-/m1/s1. The Bertz CT molecular complexity index is 587. The summed E-state index contributed by atoms with van der Waals surface area (Å²) in [6, 6.07) is 0. The third-order valence-electron chi connectivity index (χ3n) is 8.57. The Morgan fingerprint density at radius 3 is 2.91 bits per heavy atom. The maximum Gasteiger partial charge on any atom is 0.155 e. The summed E-state index contributed by atoms with van der Waals surface area (Å²) in [6.45, 7) is 6.75. The number of allylic oxidation sites excluding steroid dienone is 2. The van der Waals surface area contributed by atoms with Crippen LogP contribution in [0, 0.1) is 40.4 Å². The van der Waals surface area contributed by atoms with Crippen molar-refractivity contribution in [1.82, 2.24) is 0 Å². The third-order valence-corrected chi connectivity index (χ3v) is 8.57. The average molecular weight is 296 g/mol. The van der Waals surface area contributed by atoms with E-state index in [2.05, 4.69) is 19.6 Å². The summed E-state index contributed by atoms with van der Waals surface area (Å²) in [6.07, 6.45) is 14.5. The lowest BCUT2D eigenvalue weighted by molar-refractivity contribution is -0.117. The maximum atomic E-state index is 11.9. The molecule has 7 atom stereocenters. The molecule has 0 aromatic heterocycles. The van der Waals surface area contributed by atoms with E-state index < -0.39 is 0 Å². The van der Waals surface area contributed by atoms with Crippen LogP contribution < -0.4 is 0 Å². The number of carbonyl (C=O) groups is 1. The highest BCUT2D eigenvalue weighted by Gasteiger charge is 2.66. The summed E-state index contributed by atoms with van der Waals surface area (Å²) < 4.78 is 0. The first kappa shape index (κ1) is 13.6. The highest BCUT2D eigenvalue weighted by Crippen LogP contribution is 2.73. The first-order chi connectivity index (χ1) is 10.6. The summed E-state index contributed by atoms with van der Waals surface area (Å²) in [5.74, 6) is 5.08. The van der Waals surface area contributed by atoms with Crippen LogP contribution in [0.15, 0.2) is 24.3 Å². The van der Waals surface area contributed by atoms with Crippen molar-refractivity contribution in [1.29, 1.82) is 0 Å². The molecule has 0 aliphatic heterocycles. The van der Waals surface area contributed by atoms with Gasteiger partial charge in [-0.3, -0.25) is 4.79 Å². The van der Waals surface area contributed by atoms with Crippen molar-refractivity contribution < 1.29 is 4.79 Å². The van der Waals surface area contributed by atoms with Gasteiger partial charge in [0, 0.05) is 6.42 Å². The van der Waals surface area contributed by atoms with E-state index in [0.29, 0.717) is 16.6 Å². The number of rotatable bonds is 1. The van der Waals surface area contributed by atoms with Crippen molar-refractivity contribution in [2.75, 3.05) is 0 Å². The van der Waals surface area contributed by atoms with Gasteiger partial charge in [-0.15, -0.1) is 6.58 Å². The zero-order chi connectivity index (χ0) is 15.1. The largest absolute Gasteiger partial charge is 0.295 e. The highest BCUT2D eigenvalue weighted by atomic mass is 16.1. The molecule has 1 nitrogen and oxygen atoms in total. The van der Waals surface area contributed by atoms with Crippen LogP contribution >= 0.6 is 0 Å². The normalized spacial score (nSPS) is 55.4. The number of hydrogen-bond acceptors (Lipinski definition) is 1. The van der Waals surface area contributed by atoms with Gasteiger partial charge in [-0.05, 0) is 91.4 Å². The second-order valence-electron chi connectivity index (χ2n) is 9.23. The lowest BCUT2D eigenvalue weighted by Gasteiger charge is -2.58. The minimum Gasteiger partial charge on any atom is -0.295 e. The van der Waals surface area contributed by atoms with Gasteiger partial charge in [-0.25, -0.2) is 0 Å². The molecule has 0 unspecified atom stereocenters. The molecular formula is C21H28O. The molecule has 0 heterocycles. The molecule has 0 radical (unpaired) electrons. The highest BCUT2D eigenvalue weighted by molar-refractivity contribution is 5.91. The molecule has 1 heteroatoms. The predicted octanol–water partition coefficient (Wildman–Crippen LogP) is 4.93. The topological polar surface area (TPSA) is 17.1 Å². The molecule has 0 aromatic rings. The van der Waals surface area contributed by atoms with E-state index >= 15 is 0 Å². The Kier molecular flexibility index (Phi) is 2.57. The van der Waals surface area contributed by atoms with Crippen LogP contribution in [0.25, 0.3) is 0 Å². The summed E-state index contributed by atoms with van der Waals surface area (Å²) in [5.41, 5.74) is 2.31. The van der Waals surface area contributed by atoms with Crippen LogP contribution in [0.2, 0.25) is 0 Å². The first-order valence-electron chi connectivity index (χ1n) is 9.45. The van der Waals surface area contributed by atoms with Crippen molar-refractivity contribution in [2.24, 2.45) is 40.4 Å². The smallest absolute Gasteiger partial charge is 0.155 e. The Morgan fingerprint density at radius 2 is 2.09 bits per heavy atom. The summed E-state index contributed by atoms with van der Waals surface area (Å²) >= 11 is 0. The van der Waals surface area contributed by atoms with Crippen LogP contribution in [0.3, 0.4) is 0 Å². The molecule has 0 spiro atoms. The van der Waals surface area contributed by atoms with Gasteiger partial charge in [-0.1, -0.05) is 18.6 Å². The van der Waals surface area contributed by atoms with Gasteiger partial charge in [0.1, 0.15) is 0 Å². The zero-order valence-corrected chi connectivity index (χ0v) is 13.8. The van der Waals surface area contributed by atoms with Gasteiger partial charge in [0.2, 0.25) is 0 Å². The number of hydrogen-bond donors (Lipinski definition) is 0. The Morgan fingerprint density at radius 1 is 1.23 bits per heavy atom. The van der Waals surface area contributed by atoms with E-state index in [1.165, 1.54) is 44.1 Å². The lowest BCUT2D eigenvalue weighted by atomic mass is 9.46. The summed E-state index contributed by atoms with van der Waals surface area (Å²) in [4.78, 5) is 11.9. The SMILES string of the molecule is C=C[C@]12CC[C@H]3[C@@H](CCC4=CC(=O)CC[C@@]43C)[C@@H]1[C@@H]1C[C@@H]1C2. The quantitative estimate of drug-likeness (QED) is 0.627. The third kappa shape index (κ3) is 1.53. The molecule has 5 rings (SSSR count). The molecule has 118 valence electrons. The van der Waals surface area contributed by atoms with E-state index in [-0.39, 0.29) is 0 Å². The van der Waals surface area contributed by atoms with E-state index in [4.69, 9.17) is 0 Å². The summed E-state index contributed by atoms with van der Waals surface area (Å²) in [7, 11) is 0. The molecule has 0 amide bonds. The Balaban J connectivity index is 1.54. The molecule has 0 aromatic carbocycles. The number of fused-ring (bicyclic) bond motifs is 7. The number of ketones is 1. The van der Waals surface area contributed by atoms with Gasteiger partial charge >= 0.3 is 0 Å². The van der Waals surface area contributed by atoms with Crippen molar-refractivity contribution in [3.8, 4) is 0 Å². The van der Waals surface area contributed by atoms with Crippen molar-refractivity contribution >= 4 is 5.78 Å². The number of carbonyl (C=O) groups excluding carboxylic acids is 1. The molecule has 22 heavy (non-hydrogen) atoms. The van der Waals surface area contributed by atoms with Gasteiger partial charge in [0.15, 0.2) is 5.78 Å². The Labute approximate surface area is 134 Å². The molecule has 0 N–H and O–H groups in total. The fourth-order valence-electron chi connectivity index (χ4n) is 7.47. The molecule has 5 aliphatic rings. The van der Waals surface area contributed by atoms with Crippen LogP contribution in [0.5, 0.6) is 0 Å². The van der Waals surface area contributed by atoms with Crippen LogP contribution in [-0.4, -0.2) is 5.78 Å². The molecule has 4 saturated carbocycles. The van der Waals surface area contributed by atoms with E-state index in [9.17, 15) is 4.79 Å². The van der Waals surface area contributed by atoms with Gasteiger partial charge in [0.25, 0.3) is 0 Å². The van der Waals surface area contributed by atoms with Gasteiger partial charge in [-0.2, -0.15) is 0 Å². The van der Waals surface area contributed by atoms with E-state index in [1.807, 2.05) is 6.08 Å². The second-order valence-corrected chi connectivity index (χ2v) is 9.23. The fourth-order valence-corrected chi connectivity index (χ4v) is 7.47. The minimum absolute atomic E-state index is 0.330. The van der Waals surface area contributed by atoms with Crippen molar-refractivity contribution in [3.63, 3.8) is 0 Å². The molecule has 0 saturated heterocycles. The Hall–Kier alpha value is -0.850. The van der Waals surface area contributed by atoms with Gasteiger partial charge in [0.05, 0.1) is 0 Å². The fraction of sp³-hybridized carbons (Fsp3) is 0.762. The van der Waals surface area contributed by atoms with Crippen LogP contribution in [-0.2, 0) is 4.79 Å². The van der Waals surface area contributed by atoms with E-state index in [1.54, 1.807) is 0 Å². The van der Waals surface area contributed by atoms with Crippen LogP contribution in [0.4, 0.5) is 0 Å². The second kappa shape index (κ2) is 4.16. The summed E-state index contributed by atoms with van der Waals surface area (Å²) in [5, 5.41) is 0. The predicted molar refractivity (Wildman–Crippen MR) is 88.2 cm³/mol. The molecule has 4 fully saturated rings.